The Balaban J connectivity index is 1.94. The third-order valence-corrected chi connectivity index (χ3v) is 3.91. The van der Waals surface area contributed by atoms with E-state index in [0.29, 0.717) is 11.5 Å². The van der Waals surface area contributed by atoms with Crippen LogP contribution in [0.1, 0.15) is 49.8 Å². The van der Waals surface area contributed by atoms with Crippen LogP contribution in [-0.4, -0.2) is 23.4 Å². The first kappa shape index (κ1) is 15.3. The summed E-state index contributed by atoms with van der Waals surface area (Å²) in [5.74, 6) is 0.388. The Morgan fingerprint density at radius 2 is 1.65 bits per heavy atom. The molecule has 1 fully saturated rings. The van der Waals surface area contributed by atoms with Gasteiger partial charge in [-0.25, -0.2) is 0 Å². The molecule has 1 atom stereocenters. The summed E-state index contributed by atoms with van der Waals surface area (Å²) in [6.45, 7) is 4.04. The van der Waals surface area contributed by atoms with Crippen LogP contribution >= 0.6 is 0 Å². The summed E-state index contributed by atoms with van der Waals surface area (Å²) in [4.78, 5) is 0. The van der Waals surface area contributed by atoms with Crippen LogP contribution in [0, 0.1) is 0 Å². The van der Waals surface area contributed by atoms with E-state index in [1.807, 2.05) is 12.1 Å². The quantitative estimate of drug-likeness (QED) is 0.868. The zero-order valence-electron chi connectivity index (χ0n) is 11.7. The molecular formula is C15H20F3NO. The second-order valence-corrected chi connectivity index (χ2v) is 5.80. The lowest BCUT2D eigenvalue weighted by atomic mass is 10.00. The smallest absolute Gasteiger partial charge is 0.387 e. The third-order valence-electron chi connectivity index (χ3n) is 3.91. The zero-order chi connectivity index (χ0) is 15.0. The summed E-state index contributed by atoms with van der Waals surface area (Å²) in [5.41, 5.74) is 0.00834. The van der Waals surface area contributed by atoms with Crippen LogP contribution in [-0.2, 0) is 0 Å². The number of halogens is 3. The molecule has 112 valence electrons. The fraction of sp³-hybridized carbons (Fsp3) is 0.600. The molecule has 20 heavy (non-hydrogen) atoms. The lowest BCUT2D eigenvalue weighted by molar-refractivity contribution is -0.166. The number of hydrogen-bond donors (Lipinski definition) is 2. The molecule has 2 N–H and O–H groups in total. The van der Waals surface area contributed by atoms with Crippen molar-refractivity contribution in [2.75, 3.05) is 6.54 Å². The Kier molecular flexibility index (Phi) is 4.12. The minimum absolute atomic E-state index is 0.0828. The summed E-state index contributed by atoms with van der Waals surface area (Å²) >= 11 is 0. The van der Waals surface area contributed by atoms with Gasteiger partial charge < -0.3 is 10.4 Å². The van der Waals surface area contributed by atoms with Gasteiger partial charge in [0.25, 0.3) is 0 Å². The van der Waals surface area contributed by atoms with Crippen molar-refractivity contribution in [1.82, 2.24) is 5.32 Å². The predicted octanol–water partition coefficient (Wildman–Crippen LogP) is 3.53. The molecule has 1 aliphatic rings. The fourth-order valence-electron chi connectivity index (χ4n) is 2.20. The number of benzene rings is 1. The van der Waals surface area contributed by atoms with Gasteiger partial charge in [-0.05, 0) is 29.9 Å². The largest absolute Gasteiger partial charge is 0.406 e. The molecule has 1 unspecified atom stereocenters. The highest BCUT2D eigenvalue weighted by molar-refractivity contribution is 5.26. The van der Waals surface area contributed by atoms with E-state index in [-0.39, 0.29) is 19.4 Å². The van der Waals surface area contributed by atoms with Gasteiger partial charge in [-0.15, -0.1) is 0 Å². The van der Waals surface area contributed by atoms with Crippen molar-refractivity contribution in [3.8, 4) is 0 Å². The third kappa shape index (κ3) is 3.15. The maximum atomic E-state index is 12.7. The molecule has 0 saturated heterocycles. The van der Waals surface area contributed by atoms with Crippen LogP contribution in [0.25, 0.3) is 0 Å². The molecule has 2 rings (SSSR count). The highest BCUT2D eigenvalue weighted by Gasteiger charge is 2.63. The number of alkyl halides is 3. The molecule has 0 aromatic heterocycles. The highest BCUT2D eigenvalue weighted by Crippen LogP contribution is 2.49. The minimum atomic E-state index is -4.24. The highest BCUT2D eigenvalue weighted by atomic mass is 19.4. The lowest BCUT2D eigenvalue weighted by Crippen LogP contribution is -2.46. The Morgan fingerprint density at radius 3 is 2.05 bits per heavy atom. The molecule has 1 aromatic carbocycles. The summed E-state index contributed by atoms with van der Waals surface area (Å²) in [7, 11) is 0. The Bertz CT molecular complexity index is 449. The first-order valence-electron chi connectivity index (χ1n) is 6.85. The van der Waals surface area contributed by atoms with E-state index in [2.05, 4.69) is 19.2 Å². The molecule has 1 aromatic rings. The van der Waals surface area contributed by atoms with Gasteiger partial charge in [-0.3, -0.25) is 0 Å². The van der Waals surface area contributed by atoms with Crippen LogP contribution < -0.4 is 5.32 Å². The van der Waals surface area contributed by atoms with E-state index in [1.165, 1.54) is 0 Å². The zero-order valence-corrected chi connectivity index (χ0v) is 11.7. The molecule has 1 aliphatic carbocycles. The molecule has 1 saturated carbocycles. The van der Waals surface area contributed by atoms with E-state index in [4.69, 9.17) is 0 Å². The first-order chi connectivity index (χ1) is 9.25. The number of nitrogens with one attached hydrogen (secondary N) is 1. The van der Waals surface area contributed by atoms with Crippen LogP contribution in [0.2, 0.25) is 0 Å². The van der Waals surface area contributed by atoms with Gasteiger partial charge in [-0.2, -0.15) is 13.2 Å². The second kappa shape index (κ2) is 5.37. The minimum Gasteiger partial charge on any atom is -0.387 e. The van der Waals surface area contributed by atoms with E-state index in [0.717, 1.165) is 5.56 Å². The Labute approximate surface area is 117 Å². The van der Waals surface area contributed by atoms with Crippen LogP contribution in [0.5, 0.6) is 0 Å². The summed E-state index contributed by atoms with van der Waals surface area (Å²) in [6.07, 6.45) is -4.98. The maximum absolute atomic E-state index is 12.7. The number of aliphatic hydroxyl groups excluding tert-OH is 1. The van der Waals surface area contributed by atoms with E-state index >= 15 is 0 Å². The van der Waals surface area contributed by atoms with Crippen LogP contribution in [0.3, 0.4) is 0 Å². The summed E-state index contributed by atoms with van der Waals surface area (Å²) in [6, 6.07) is 7.35. The van der Waals surface area contributed by atoms with E-state index in [1.54, 1.807) is 12.1 Å². The van der Waals surface area contributed by atoms with Gasteiger partial charge in [0.15, 0.2) is 0 Å². The standard InChI is InChI=1S/C15H20F3NO/c1-10(2)11-3-5-12(6-4-11)13(20)9-19-14(7-8-14)15(16,17)18/h3-6,10,13,19-20H,7-9H2,1-2H3. The molecule has 0 bridgehead atoms. The van der Waals surface area contributed by atoms with Gasteiger partial charge in [-0.1, -0.05) is 38.1 Å². The molecular weight excluding hydrogens is 267 g/mol. The van der Waals surface area contributed by atoms with Gasteiger partial charge in [0.05, 0.1) is 6.10 Å². The maximum Gasteiger partial charge on any atom is 0.406 e. The van der Waals surface area contributed by atoms with Crippen molar-refractivity contribution >= 4 is 0 Å². The van der Waals surface area contributed by atoms with E-state index in [9.17, 15) is 18.3 Å². The number of rotatable bonds is 5. The van der Waals surface area contributed by atoms with Crippen molar-refractivity contribution < 1.29 is 18.3 Å². The van der Waals surface area contributed by atoms with Gasteiger partial charge in [0.1, 0.15) is 5.54 Å². The van der Waals surface area contributed by atoms with Crippen molar-refractivity contribution in [3.63, 3.8) is 0 Å². The first-order valence-corrected chi connectivity index (χ1v) is 6.85. The Hall–Kier alpha value is -1.07. The van der Waals surface area contributed by atoms with Gasteiger partial charge in [0.2, 0.25) is 0 Å². The molecule has 5 heteroatoms. The van der Waals surface area contributed by atoms with Crippen molar-refractivity contribution in [1.29, 1.82) is 0 Å². The Morgan fingerprint density at radius 1 is 1.15 bits per heavy atom. The second-order valence-electron chi connectivity index (χ2n) is 5.80. The monoisotopic (exact) mass is 287 g/mol. The fourth-order valence-corrected chi connectivity index (χ4v) is 2.20. The molecule has 0 spiro atoms. The molecule has 0 heterocycles. The summed E-state index contributed by atoms with van der Waals surface area (Å²) < 4.78 is 38.2. The van der Waals surface area contributed by atoms with E-state index < -0.39 is 17.8 Å². The average Bonchev–Trinajstić information content (AvgIpc) is 3.16. The molecule has 2 nitrogen and oxygen atoms in total. The van der Waals surface area contributed by atoms with Crippen molar-refractivity contribution in [2.45, 2.75) is 50.4 Å². The van der Waals surface area contributed by atoms with Crippen LogP contribution in [0.15, 0.2) is 24.3 Å². The normalized spacial score (nSPS) is 19.1. The molecule has 0 radical (unpaired) electrons. The molecule has 0 aliphatic heterocycles. The van der Waals surface area contributed by atoms with Crippen LogP contribution in [0.4, 0.5) is 13.2 Å². The van der Waals surface area contributed by atoms with Crippen molar-refractivity contribution in [3.05, 3.63) is 35.4 Å². The molecule has 0 amide bonds. The van der Waals surface area contributed by atoms with Gasteiger partial charge in [0, 0.05) is 6.54 Å². The lowest BCUT2D eigenvalue weighted by Gasteiger charge is -2.22. The number of β-amino-alcohol motifs (C(OH)–C–C–N with tert-alkyl or cyclic N) is 1. The van der Waals surface area contributed by atoms with Gasteiger partial charge >= 0.3 is 6.18 Å². The predicted molar refractivity (Wildman–Crippen MR) is 71.5 cm³/mol. The number of hydrogen-bond acceptors (Lipinski definition) is 2. The van der Waals surface area contributed by atoms with Crippen molar-refractivity contribution in [2.24, 2.45) is 0 Å². The number of aliphatic hydroxyl groups is 1. The SMILES string of the molecule is CC(C)c1ccc(C(O)CNC2(C(F)(F)F)CC2)cc1. The topological polar surface area (TPSA) is 32.3 Å². The average molecular weight is 287 g/mol. The summed E-state index contributed by atoms with van der Waals surface area (Å²) in [5, 5.41) is 12.4.